The monoisotopic (exact) mass is 440 g/mol. The Bertz CT molecular complexity index is 1150. The van der Waals surface area contributed by atoms with Crippen molar-refractivity contribution in [2.75, 3.05) is 32.1 Å². The van der Waals surface area contributed by atoms with E-state index in [0.29, 0.717) is 23.9 Å². The quantitative estimate of drug-likeness (QED) is 0.602. The Morgan fingerprint density at radius 1 is 1.06 bits per heavy atom. The van der Waals surface area contributed by atoms with Crippen molar-refractivity contribution in [3.05, 3.63) is 72.3 Å². The van der Waals surface area contributed by atoms with Gasteiger partial charge in [0.1, 0.15) is 5.82 Å². The number of hydrogen-bond acceptors (Lipinski definition) is 5. The normalized spacial score (nSPS) is 17.5. The van der Waals surface area contributed by atoms with E-state index in [1.165, 1.54) is 12.1 Å². The molecule has 0 aliphatic carbocycles. The van der Waals surface area contributed by atoms with E-state index >= 15 is 0 Å². The molecule has 1 atom stereocenters. The number of piperidine rings is 1. The molecule has 162 valence electrons. The van der Waals surface area contributed by atoms with Crippen LogP contribution in [-0.2, 0) is 10.0 Å². The topological polar surface area (TPSA) is 66.4 Å². The number of benzene rings is 2. The first-order valence-electron chi connectivity index (χ1n) is 10.2. The molecule has 1 fully saturated rings. The van der Waals surface area contributed by atoms with E-state index in [9.17, 15) is 12.8 Å². The van der Waals surface area contributed by atoms with Crippen molar-refractivity contribution >= 4 is 16.0 Å². The van der Waals surface area contributed by atoms with Crippen LogP contribution in [0.25, 0.3) is 11.1 Å². The largest absolute Gasteiger partial charge is 0.347 e. The minimum atomic E-state index is -3.58. The zero-order valence-corrected chi connectivity index (χ0v) is 18.4. The Labute approximate surface area is 182 Å². The van der Waals surface area contributed by atoms with Crippen LogP contribution in [0.2, 0.25) is 0 Å². The lowest BCUT2D eigenvalue weighted by Crippen LogP contribution is -2.39. The van der Waals surface area contributed by atoms with Crippen molar-refractivity contribution in [3.63, 3.8) is 0 Å². The number of aromatic nitrogens is 2. The molecule has 8 heteroatoms. The van der Waals surface area contributed by atoms with Gasteiger partial charge in [0.05, 0.1) is 10.6 Å². The number of rotatable bonds is 5. The van der Waals surface area contributed by atoms with E-state index in [-0.39, 0.29) is 11.7 Å². The van der Waals surface area contributed by atoms with Gasteiger partial charge in [-0.2, -0.15) is 4.31 Å². The molecule has 0 amide bonds. The third-order valence-electron chi connectivity index (χ3n) is 5.51. The van der Waals surface area contributed by atoms with Crippen LogP contribution in [0, 0.1) is 5.82 Å². The second-order valence-electron chi connectivity index (χ2n) is 7.89. The van der Waals surface area contributed by atoms with Gasteiger partial charge in [0, 0.05) is 44.9 Å². The van der Waals surface area contributed by atoms with Gasteiger partial charge in [0.2, 0.25) is 16.0 Å². The van der Waals surface area contributed by atoms with Crippen LogP contribution in [0.1, 0.15) is 24.5 Å². The molecule has 0 saturated carbocycles. The van der Waals surface area contributed by atoms with Gasteiger partial charge in [-0.15, -0.1) is 0 Å². The molecule has 2 aromatic carbocycles. The summed E-state index contributed by atoms with van der Waals surface area (Å²) in [4.78, 5) is 11.3. The van der Waals surface area contributed by atoms with Gasteiger partial charge in [-0.1, -0.05) is 30.3 Å². The maximum atomic E-state index is 13.5. The molecular weight excluding hydrogens is 415 g/mol. The number of anilines is 1. The molecule has 3 aromatic rings. The lowest BCUT2D eigenvalue weighted by molar-refractivity contribution is 0.313. The minimum Gasteiger partial charge on any atom is -0.347 e. The third-order valence-corrected chi connectivity index (χ3v) is 7.39. The Kier molecular flexibility index (Phi) is 6.02. The average molecular weight is 441 g/mol. The fourth-order valence-electron chi connectivity index (χ4n) is 3.89. The maximum absolute atomic E-state index is 13.5. The Morgan fingerprint density at radius 2 is 1.77 bits per heavy atom. The van der Waals surface area contributed by atoms with Crippen LogP contribution in [0.4, 0.5) is 10.3 Å². The summed E-state index contributed by atoms with van der Waals surface area (Å²) in [7, 11) is 0.147. The van der Waals surface area contributed by atoms with Gasteiger partial charge >= 0.3 is 0 Å². The highest BCUT2D eigenvalue weighted by Gasteiger charge is 2.33. The molecule has 0 bridgehead atoms. The van der Waals surface area contributed by atoms with Crippen LogP contribution in [0.5, 0.6) is 0 Å². The molecule has 1 saturated heterocycles. The van der Waals surface area contributed by atoms with E-state index in [4.69, 9.17) is 4.98 Å². The SMILES string of the molecule is CN(C)c1ncc(-c2ccc(F)cc2)c([C@H]2CCCN(S(=O)(=O)c3ccccc3)C2)n1. The minimum absolute atomic E-state index is 0.0889. The smallest absolute Gasteiger partial charge is 0.243 e. The summed E-state index contributed by atoms with van der Waals surface area (Å²) < 4.78 is 41.4. The van der Waals surface area contributed by atoms with Crippen LogP contribution in [-0.4, -0.2) is 49.9 Å². The summed E-state index contributed by atoms with van der Waals surface area (Å²) in [5, 5.41) is 0. The summed E-state index contributed by atoms with van der Waals surface area (Å²) in [5.74, 6) is 0.159. The lowest BCUT2D eigenvalue weighted by Gasteiger charge is -2.32. The van der Waals surface area contributed by atoms with E-state index in [2.05, 4.69) is 4.98 Å². The first kappa shape index (κ1) is 21.4. The first-order valence-corrected chi connectivity index (χ1v) is 11.7. The van der Waals surface area contributed by atoms with Crippen molar-refractivity contribution in [2.24, 2.45) is 0 Å². The summed E-state index contributed by atoms with van der Waals surface area (Å²) in [6, 6.07) is 14.7. The summed E-state index contributed by atoms with van der Waals surface area (Å²) in [6.07, 6.45) is 3.30. The van der Waals surface area contributed by atoms with E-state index in [0.717, 1.165) is 29.7 Å². The van der Waals surface area contributed by atoms with Crippen LogP contribution >= 0.6 is 0 Å². The second-order valence-corrected chi connectivity index (χ2v) is 9.82. The molecule has 0 unspecified atom stereocenters. The van der Waals surface area contributed by atoms with Gasteiger partial charge in [-0.05, 0) is 42.7 Å². The molecule has 0 spiro atoms. The third kappa shape index (κ3) is 4.45. The van der Waals surface area contributed by atoms with Gasteiger partial charge in [0.15, 0.2) is 0 Å². The lowest BCUT2D eigenvalue weighted by atomic mass is 9.91. The highest BCUT2D eigenvalue weighted by molar-refractivity contribution is 7.89. The van der Waals surface area contributed by atoms with Gasteiger partial charge < -0.3 is 4.90 Å². The Morgan fingerprint density at radius 3 is 2.45 bits per heavy atom. The number of nitrogens with zero attached hydrogens (tertiary/aromatic N) is 4. The van der Waals surface area contributed by atoms with Crippen molar-refractivity contribution in [3.8, 4) is 11.1 Å². The molecule has 0 N–H and O–H groups in total. The molecule has 6 nitrogen and oxygen atoms in total. The molecule has 4 rings (SSSR count). The number of hydrogen-bond donors (Lipinski definition) is 0. The molecule has 1 aliphatic rings. The van der Waals surface area contributed by atoms with Gasteiger partial charge in [-0.3, -0.25) is 0 Å². The first-order chi connectivity index (χ1) is 14.9. The summed E-state index contributed by atoms with van der Waals surface area (Å²) >= 11 is 0. The van der Waals surface area contributed by atoms with Crippen molar-refractivity contribution < 1.29 is 12.8 Å². The molecule has 2 heterocycles. The second kappa shape index (κ2) is 8.72. The average Bonchev–Trinajstić information content (AvgIpc) is 2.80. The Hall–Kier alpha value is -2.84. The molecule has 31 heavy (non-hydrogen) atoms. The highest BCUT2D eigenvalue weighted by Crippen LogP contribution is 2.35. The predicted octanol–water partition coefficient (Wildman–Crippen LogP) is 3.92. The van der Waals surface area contributed by atoms with Crippen LogP contribution < -0.4 is 4.90 Å². The van der Waals surface area contributed by atoms with Crippen molar-refractivity contribution in [1.82, 2.24) is 14.3 Å². The summed E-state index contributed by atoms with van der Waals surface area (Å²) in [5.41, 5.74) is 2.40. The zero-order valence-electron chi connectivity index (χ0n) is 17.6. The van der Waals surface area contributed by atoms with Crippen molar-refractivity contribution in [1.29, 1.82) is 0 Å². The number of sulfonamides is 1. The fraction of sp³-hybridized carbons (Fsp3) is 0.304. The van der Waals surface area contributed by atoms with E-state index in [1.54, 1.807) is 53.0 Å². The predicted molar refractivity (Wildman–Crippen MR) is 119 cm³/mol. The molecule has 0 radical (unpaired) electrons. The molecule has 1 aromatic heterocycles. The summed E-state index contributed by atoms with van der Waals surface area (Å²) in [6.45, 7) is 0.820. The van der Waals surface area contributed by atoms with Crippen molar-refractivity contribution in [2.45, 2.75) is 23.7 Å². The van der Waals surface area contributed by atoms with Gasteiger partial charge in [0.25, 0.3) is 0 Å². The fourth-order valence-corrected chi connectivity index (χ4v) is 5.43. The molecular formula is C23H25FN4O2S. The zero-order chi connectivity index (χ0) is 22.0. The highest BCUT2D eigenvalue weighted by atomic mass is 32.2. The van der Waals surface area contributed by atoms with Crippen LogP contribution in [0.3, 0.4) is 0 Å². The van der Waals surface area contributed by atoms with E-state index in [1.807, 2.05) is 19.0 Å². The standard InChI is InChI=1S/C23H25FN4O2S/c1-27(2)23-25-15-21(17-10-12-19(24)13-11-17)22(26-23)18-7-6-14-28(16-18)31(29,30)20-8-4-3-5-9-20/h3-5,8-13,15,18H,6-7,14,16H2,1-2H3/t18-/m0/s1. The maximum Gasteiger partial charge on any atom is 0.243 e. The molecule has 1 aliphatic heterocycles. The van der Waals surface area contributed by atoms with E-state index < -0.39 is 10.0 Å². The Balaban J connectivity index is 1.72. The number of halogens is 1. The van der Waals surface area contributed by atoms with Gasteiger partial charge in [-0.25, -0.2) is 22.8 Å². The van der Waals surface area contributed by atoms with Crippen LogP contribution in [0.15, 0.2) is 65.7 Å².